The third kappa shape index (κ3) is 3.28. The standard InChI is InChI=1S/C20H24N4O4/c1-13-10-15(25)11-16(28-13)18(26)24-7-5-20(6-8-24)17-14(4-9-27-20)12-21-19(22-17)23(2)3/h10-12H,4-9H2,1-3H3. The van der Waals surface area contributed by atoms with Crippen molar-refractivity contribution in [1.82, 2.24) is 14.9 Å². The second-order valence-corrected chi connectivity index (χ2v) is 7.59. The third-order valence-electron chi connectivity index (χ3n) is 5.39. The minimum absolute atomic E-state index is 0.0862. The first kappa shape index (κ1) is 18.6. The molecule has 1 amide bonds. The van der Waals surface area contributed by atoms with Crippen molar-refractivity contribution >= 4 is 11.9 Å². The first-order valence-corrected chi connectivity index (χ1v) is 9.47. The van der Waals surface area contributed by atoms with Crippen molar-refractivity contribution in [2.45, 2.75) is 31.8 Å². The predicted octanol–water partition coefficient (Wildman–Crippen LogP) is 1.51. The maximum Gasteiger partial charge on any atom is 0.289 e. The number of nitrogens with zero attached hydrogens (tertiary/aromatic N) is 4. The maximum absolute atomic E-state index is 12.8. The third-order valence-corrected chi connectivity index (χ3v) is 5.39. The number of piperidine rings is 1. The second kappa shape index (κ2) is 7.01. The summed E-state index contributed by atoms with van der Waals surface area (Å²) in [5, 5.41) is 0. The van der Waals surface area contributed by atoms with E-state index in [1.54, 1.807) is 11.8 Å². The monoisotopic (exact) mass is 384 g/mol. The van der Waals surface area contributed by atoms with Crippen LogP contribution in [0.15, 0.2) is 27.5 Å². The van der Waals surface area contributed by atoms with E-state index in [4.69, 9.17) is 14.1 Å². The smallest absolute Gasteiger partial charge is 0.289 e. The van der Waals surface area contributed by atoms with E-state index in [2.05, 4.69) is 4.98 Å². The summed E-state index contributed by atoms with van der Waals surface area (Å²) in [5.74, 6) is 0.914. The number of rotatable bonds is 2. The molecule has 0 unspecified atom stereocenters. The highest BCUT2D eigenvalue weighted by Gasteiger charge is 2.43. The first-order valence-electron chi connectivity index (χ1n) is 9.47. The molecule has 2 aliphatic heterocycles. The van der Waals surface area contributed by atoms with Crippen molar-refractivity contribution in [3.05, 3.63) is 51.3 Å². The molecule has 1 saturated heterocycles. The zero-order valence-corrected chi connectivity index (χ0v) is 16.4. The Hall–Kier alpha value is -2.74. The number of anilines is 1. The molecule has 0 saturated carbocycles. The van der Waals surface area contributed by atoms with E-state index in [1.807, 2.05) is 25.2 Å². The van der Waals surface area contributed by atoms with Crippen molar-refractivity contribution in [3.8, 4) is 0 Å². The van der Waals surface area contributed by atoms with Crippen LogP contribution in [-0.4, -0.2) is 54.6 Å². The zero-order chi connectivity index (χ0) is 19.9. The molecule has 8 nitrogen and oxygen atoms in total. The Morgan fingerprint density at radius 1 is 1.25 bits per heavy atom. The van der Waals surface area contributed by atoms with Crippen molar-refractivity contribution < 1.29 is 13.9 Å². The summed E-state index contributed by atoms with van der Waals surface area (Å²) in [5.41, 5.74) is 1.33. The Morgan fingerprint density at radius 2 is 2.00 bits per heavy atom. The fraction of sp³-hybridized carbons (Fsp3) is 0.500. The maximum atomic E-state index is 12.8. The summed E-state index contributed by atoms with van der Waals surface area (Å²) in [6.45, 7) is 3.31. The molecule has 8 heteroatoms. The van der Waals surface area contributed by atoms with Gasteiger partial charge in [0, 0.05) is 45.5 Å². The molecule has 0 N–H and O–H groups in total. The number of fused-ring (bicyclic) bond motifs is 2. The summed E-state index contributed by atoms with van der Waals surface area (Å²) < 4.78 is 11.7. The molecule has 1 spiro atoms. The van der Waals surface area contributed by atoms with Crippen LogP contribution < -0.4 is 10.3 Å². The van der Waals surface area contributed by atoms with Gasteiger partial charge < -0.3 is 19.0 Å². The minimum atomic E-state index is -0.495. The number of hydrogen-bond acceptors (Lipinski definition) is 7. The quantitative estimate of drug-likeness (QED) is 0.775. The lowest BCUT2D eigenvalue weighted by Crippen LogP contribution is -2.49. The highest BCUT2D eigenvalue weighted by atomic mass is 16.5. The van der Waals surface area contributed by atoms with E-state index >= 15 is 0 Å². The molecule has 0 aliphatic carbocycles. The molecule has 4 rings (SSSR count). The van der Waals surface area contributed by atoms with E-state index in [9.17, 15) is 9.59 Å². The van der Waals surface area contributed by atoms with Crippen LogP contribution in [0, 0.1) is 6.92 Å². The van der Waals surface area contributed by atoms with Gasteiger partial charge in [0.1, 0.15) is 11.4 Å². The average molecular weight is 384 g/mol. The molecule has 2 aromatic rings. The Labute approximate surface area is 163 Å². The number of carbonyl (C=O) groups is 1. The lowest BCUT2D eigenvalue weighted by atomic mass is 9.83. The van der Waals surface area contributed by atoms with Gasteiger partial charge in [-0.2, -0.15) is 0 Å². The predicted molar refractivity (Wildman–Crippen MR) is 103 cm³/mol. The molecule has 0 radical (unpaired) electrons. The Kier molecular flexibility index (Phi) is 4.66. The van der Waals surface area contributed by atoms with E-state index < -0.39 is 5.60 Å². The Bertz CT molecular complexity index is 961. The largest absolute Gasteiger partial charge is 0.456 e. The normalized spacial score (nSPS) is 18.0. The van der Waals surface area contributed by atoms with E-state index in [0.717, 1.165) is 17.7 Å². The van der Waals surface area contributed by atoms with Crippen LogP contribution in [-0.2, 0) is 16.8 Å². The number of aryl methyl sites for hydroxylation is 1. The number of likely N-dealkylation sites (tertiary alicyclic amines) is 1. The van der Waals surface area contributed by atoms with Gasteiger partial charge in [-0.25, -0.2) is 9.97 Å². The van der Waals surface area contributed by atoms with E-state index in [0.29, 0.717) is 44.2 Å². The van der Waals surface area contributed by atoms with Gasteiger partial charge in [0.2, 0.25) is 5.95 Å². The number of hydrogen-bond donors (Lipinski definition) is 0. The van der Waals surface area contributed by atoms with Gasteiger partial charge in [0.25, 0.3) is 5.91 Å². The summed E-state index contributed by atoms with van der Waals surface area (Å²) >= 11 is 0. The molecular formula is C20H24N4O4. The topological polar surface area (TPSA) is 88.8 Å². The Morgan fingerprint density at radius 3 is 2.68 bits per heavy atom. The fourth-order valence-electron chi connectivity index (χ4n) is 3.93. The molecule has 1 fully saturated rings. The van der Waals surface area contributed by atoms with Gasteiger partial charge in [-0.15, -0.1) is 0 Å². The first-order chi connectivity index (χ1) is 13.4. The van der Waals surface area contributed by atoms with Crippen LogP contribution >= 0.6 is 0 Å². The number of aromatic nitrogens is 2. The SMILES string of the molecule is Cc1cc(=O)cc(C(=O)N2CCC3(CC2)OCCc2cnc(N(C)C)nc23)o1. The van der Waals surface area contributed by atoms with Crippen LogP contribution in [0.1, 0.15) is 40.4 Å². The zero-order valence-electron chi connectivity index (χ0n) is 16.4. The van der Waals surface area contributed by atoms with Crippen LogP contribution in [0.4, 0.5) is 5.95 Å². The van der Waals surface area contributed by atoms with Crippen molar-refractivity contribution in [3.63, 3.8) is 0 Å². The molecule has 0 atom stereocenters. The van der Waals surface area contributed by atoms with Gasteiger partial charge in [-0.3, -0.25) is 9.59 Å². The number of carbonyl (C=O) groups excluding carboxylic acids is 1. The van der Waals surface area contributed by atoms with Crippen LogP contribution in [0.3, 0.4) is 0 Å². The summed E-state index contributed by atoms with van der Waals surface area (Å²) in [6.07, 6.45) is 3.97. The van der Waals surface area contributed by atoms with Gasteiger partial charge >= 0.3 is 0 Å². The molecule has 2 aliphatic rings. The average Bonchev–Trinajstić information content (AvgIpc) is 2.67. The molecule has 148 valence electrons. The molecule has 2 aromatic heterocycles. The van der Waals surface area contributed by atoms with Crippen molar-refractivity contribution in [1.29, 1.82) is 0 Å². The van der Waals surface area contributed by atoms with Gasteiger partial charge in [0.15, 0.2) is 11.2 Å². The summed E-state index contributed by atoms with van der Waals surface area (Å²) in [4.78, 5) is 37.3. The molecule has 28 heavy (non-hydrogen) atoms. The van der Waals surface area contributed by atoms with E-state index in [1.165, 1.54) is 12.1 Å². The molecule has 0 aromatic carbocycles. The van der Waals surface area contributed by atoms with E-state index in [-0.39, 0.29) is 17.1 Å². The Balaban J connectivity index is 1.57. The highest BCUT2D eigenvalue weighted by Crippen LogP contribution is 2.41. The second-order valence-electron chi connectivity index (χ2n) is 7.59. The van der Waals surface area contributed by atoms with Gasteiger partial charge in [0.05, 0.1) is 12.3 Å². The number of ether oxygens (including phenoxy) is 1. The van der Waals surface area contributed by atoms with Crippen molar-refractivity contribution in [2.24, 2.45) is 0 Å². The molecule has 0 bridgehead atoms. The van der Waals surface area contributed by atoms with Gasteiger partial charge in [-0.05, 0) is 31.7 Å². The summed E-state index contributed by atoms with van der Waals surface area (Å²) in [7, 11) is 3.82. The summed E-state index contributed by atoms with van der Waals surface area (Å²) in [6, 6.07) is 2.62. The highest BCUT2D eigenvalue weighted by molar-refractivity contribution is 5.91. The number of amides is 1. The molecular weight excluding hydrogens is 360 g/mol. The lowest BCUT2D eigenvalue weighted by Gasteiger charge is -2.44. The minimum Gasteiger partial charge on any atom is -0.456 e. The van der Waals surface area contributed by atoms with Crippen LogP contribution in [0.2, 0.25) is 0 Å². The van der Waals surface area contributed by atoms with Crippen LogP contribution in [0.25, 0.3) is 0 Å². The fourth-order valence-corrected chi connectivity index (χ4v) is 3.93. The molecule has 4 heterocycles. The van der Waals surface area contributed by atoms with Crippen molar-refractivity contribution in [2.75, 3.05) is 38.7 Å². The van der Waals surface area contributed by atoms with Crippen LogP contribution in [0.5, 0.6) is 0 Å². The lowest BCUT2D eigenvalue weighted by molar-refractivity contribution is -0.0969. The van der Waals surface area contributed by atoms with Gasteiger partial charge in [-0.1, -0.05) is 0 Å².